The van der Waals surface area contributed by atoms with E-state index in [1.807, 2.05) is 23.1 Å². The number of hydrogen-bond donors (Lipinski definition) is 2. The van der Waals surface area contributed by atoms with Crippen molar-refractivity contribution in [3.63, 3.8) is 0 Å². The van der Waals surface area contributed by atoms with E-state index >= 15 is 0 Å². The number of carbonyl (C=O) groups excluding carboxylic acids is 1. The summed E-state index contributed by atoms with van der Waals surface area (Å²) in [7, 11) is 2.23. The quantitative estimate of drug-likeness (QED) is 0.628. The number of piperazine rings is 1. The highest BCUT2D eigenvalue weighted by atomic mass is 32.1. The molecule has 0 spiro atoms. The van der Waals surface area contributed by atoms with Gasteiger partial charge in [0.1, 0.15) is 26.2 Å². The number of benzene rings is 2. The van der Waals surface area contributed by atoms with Gasteiger partial charge in [-0.3, -0.25) is 9.69 Å². The molecule has 1 amide bonds. The first-order valence-electron chi connectivity index (χ1n) is 10.9. The number of rotatable bonds is 6. The Labute approximate surface area is 182 Å². The first-order valence-corrected chi connectivity index (χ1v) is 11.7. The lowest BCUT2D eigenvalue weighted by Gasteiger charge is -2.28. The maximum Gasteiger partial charge on any atom is 0.284 e. The molecule has 2 N–H and O–H groups in total. The smallest absolute Gasteiger partial charge is 0.284 e. The number of fused-ring (bicyclic) bond motifs is 1. The van der Waals surface area contributed by atoms with E-state index in [4.69, 9.17) is 4.98 Å². The van der Waals surface area contributed by atoms with E-state index in [1.165, 1.54) is 10.5 Å². The van der Waals surface area contributed by atoms with Crippen LogP contribution in [0.15, 0.2) is 48.5 Å². The number of para-hydroxylation sites is 1. The fraction of sp³-hybridized carbons (Fsp3) is 0.417. The number of amides is 1. The normalized spacial score (nSPS) is 19.3. The summed E-state index contributed by atoms with van der Waals surface area (Å²) in [6, 6.07) is 16.6. The predicted molar refractivity (Wildman–Crippen MR) is 124 cm³/mol. The third-order valence-electron chi connectivity index (χ3n) is 5.99. The summed E-state index contributed by atoms with van der Waals surface area (Å²) in [5.41, 5.74) is 3.41. The second-order valence-electron chi connectivity index (χ2n) is 8.69. The number of anilines is 1. The van der Waals surface area contributed by atoms with Crippen LogP contribution in [-0.4, -0.2) is 50.7 Å². The minimum absolute atomic E-state index is 0.165. The zero-order valence-electron chi connectivity index (χ0n) is 18.1. The first-order chi connectivity index (χ1) is 14.5. The Kier molecular flexibility index (Phi) is 6.46. The van der Waals surface area contributed by atoms with Crippen molar-refractivity contribution in [3.8, 4) is 0 Å². The van der Waals surface area contributed by atoms with Crippen LogP contribution in [-0.2, 0) is 11.3 Å². The third-order valence-corrected chi connectivity index (χ3v) is 7.03. The standard InChI is InChI=1S/C24H30N4OS/c1-18(2)20-10-7-11-21-23(20)25-24(30-21)28(16-19-8-5-4-6-9-19)22(29)17-27-14-12-26(3)13-15-27/h4-11,18H,12-17H2,1-3H3/p+2. The van der Waals surface area contributed by atoms with Crippen LogP contribution in [0.3, 0.4) is 0 Å². The second-order valence-corrected chi connectivity index (χ2v) is 9.70. The van der Waals surface area contributed by atoms with Gasteiger partial charge < -0.3 is 9.80 Å². The van der Waals surface area contributed by atoms with Gasteiger partial charge >= 0.3 is 0 Å². The Bertz CT molecular complexity index is 993. The summed E-state index contributed by atoms with van der Waals surface area (Å²) in [6.07, 6.45) is 0. The van der Waals surface area contributed by atoms with Crippen LogP contribution in [0, 0.1) is 0 Å². The van der Waals surface area contributed by atoms with Crippen molar-refractivity contribution in [3.05, 3.63) is 59.7 Å². The highest BCUT2D eigenvalue weighted by Crippen LogP contribution is 2.34. The van der Waals surface area contributed by atoms with Gasteiger partial charge in [-0.1, -0.05) is 67.6 Å². The van der Waals surface area contributed by atoms with Crippen LogP contribution in [0.25, 0.3) is 10.2 Å². The van der Waals surface area contributed by atoms with Crippen molar-refractivity contribution >= 4 is 32.6 Å². The predicted octanol–water partition coefficient (Wildman–Crippen LogP) is 1.37. The number of nitrogens with one attached hydrogen (secondary N) is 2. The minimum Gasteiger partial charge on any atom is -0.328 e. The van der Waals surface area contributed by atoms with Crippen molar-refractivity contribution in [2.75, 3.05) is 44.7 Å². The molecule has 4 rings (SSSR count). The first kappa shape index (κ1) is 21.0. The Morgan fingerprint density at radius 3 is 2.50 bits per heavy atom. The average molecular weight is 425 g/mol. The summed E-state index contributed by atoms with van der Waals surface area (Å²) in [5, 5.41) is 0.811. The molecule has 158 valence electrons. The van der Waals surface area contributed by atoms with E-state index in [1.54, 1.807) is 16.2 Å². The molecule has 5 nitrogen and oxygen atoms in total. The van der Waals surface area contributed by atoms with Gasteiger partial charge in [0.15, 0.2) is 11.7 Å². The summed E-state index contributed by atoms with van der Waals surface area (Å²) < 4.78 is 1.15. The van der Waals surface area contributed by atoms with Crippen LogP contribution in [0.4, 0.5) is 5.13 Å². The van der Waals surface area contributed by atoms with Gasteiger partial charge in [-0.15, -0.1) is 0 Å². The molecule has 1 saturated heterocycles. The summed E-state index contributed by atoms with van der Waals surface area (Å²) in [4.78, 5) is 23.3. The molecule has 3 aromatic rings. The molecular weight excluding hydrogens is 392 g/mol. The Hall–Kier alpha value is -2.28. The lowest BCUT2D eigenvalue weighted by molar-refractivity contribution is -1.000. The van der Waals surface area contributed by atoms with Crippen LogP contribution < -0.4 is 14.7 Å². The number of aromatic nitrogens is 1. The molecule has 1 fully saturated rings. The number of thiazole rings is 1. The van der Waals surface area contributed by atoms with Crippen molar-refractivity contribution < 1.29 is 14.6 Å². The molecule has 1 aromatic heterocycles. The lowest BCUT2D eigenvalue weighted by Crippen LogP contribution is -3.27. The number of nitrogens with zero attached hydrogens (tertiary/aromatic N) is 2. The van der Waals surface area contributed by atoms with Crippen molar-refractivity contribution in [1.29, 1.82) is 0 Å². The fourth-order valence-corrected chi connectivity index (χ4v) is 5.10. The zero-order chi connectivity index (χ0) is 21.1. The zero-order valence-corrected chi connectivity index (χ0v) is 19.0. The number of quaternary nitrogens is 2. The van der Waals surface area contributed by atoms with E-state index in [-0.39, 0.29) is 5.91 Å². The number of carbonyl (C=O) groups is 1. The molecule has 2 aromatic carbocycles. The Balaban J connectivity index is 1.64. The van der Waals surface area contributed by atoms with Crippen LogP contribution in [0.5, 0.6) is 0 Å². The number of likely N-dealkylation sites (N-methyl/N-ethyl adjacent to an activating group) is 1. The van der Waals surface area contributed by atoms with Crippen LogP contribution in [0.1, 0.15) is 30.9 Å². The van der Waals surface area contributed by atoms with Gasteiger partial charge in [-0.25, -0.2) is 4.98 Å². The molecule has 1 aliphatic rings. The van der Waals surface area contributed by atoms with Crippen molar-refractivity contribution in [1.82, 2.24) is 4.98 Å². The molecule has 0 saturated carbocycles. The van der Waals surface area contributed by atoms with Gasteiger partial charge in [-0.2, -0.15) is 0 Å². The van der Waals surface area contributed by atoms with E-state index in [2.05, 4.69) is 51.2 Å². The monoisotopic (exact) mass is 424 g/mol. The maximum absolute atomic E-state index is 13.5. The largest absolute Gasteiger partial charge is 0.328 e. The maximum atomic E-state index is 13.5. The molecule has 0 atom stereocenters. The Morgan fingerprint density at radius 1 is 1.07 bits per heavy atom. The summed E-state index contributed by atoms with van der Waals surface area (Å²) in [6.45, 7) is 9.84. The highest BCUT2D eigenvalue weighted by Gasteiger charge is 2.28. The van der Waals surface area contributed by atoms with Gasteiger partial charge in [-0.05, 0) is 23.1 Å². The third kappa shape index (κ3) is 4.72. The topological polar surface area (TPSA) is 42.1 Å². The van der Waals surface area contributed by atoms with Gasteiger partial charge in [0, 0.05) is 0 Å². The Morgan fingerprint density at radius 2 is 1.80 bits per heavy atom. The van der Waals surface area contributed by atoms with Gasteiger partial charge in [0.25, 0.3) is 5.91 Å². The molecule has 0 bridgehead atoms. The molecular formula is C24H32N4OS+2. The van der Waals surface area contributed by atoms with E-state index in [9.17, 15) is 4.79 Å². The molecule has 0 aliphatic carbocycles. The molecule has 6 heteroatoms. The highest BCUT2D eigenvalue weighted by molar-refractivity contribution is 7.22. The molecule has 1 aliphatic heterocycles. The van der Waals surface area contributed by atoms with Crippen LogP contribution in [0.2, 0.25) is 0 Å². The van der Waals surface area contributed by atoms with Crippen LogP contribution >= 0.6 is 11.3 Å². The van der Waals surface area contributed by atoms with Gasteiger partial charge in [0.05, 0.1) is 23.8 Å². The molecule has 0 unspecified atom stereocenters. The lowest BCUT2D eigenvalue weighted by atomic mass is 10.0. The number of hydrogen-bond acceptors (Lipinski definition) is 3. The van der Waals surface area contributed by atoms with E-state index in [0.717, 1.165) is 47.1 Å². The summed E-state index contributed by atoms with van der Waals surface area (Å²) in [5.74, 6) is 0.567. The molecule has 2 heterocycles. The fourth-order valence-electron chi connectivity index (χ4n) is 4.08. The van der Waals surface area contributed by atoms with E-state index < -0.39 is 0 Å². The average Bonchev–Trinajstić information content (AvgIpc) is 3.18. The van der Waals surface area contributed by atoms with E-state index in [0.29, 0.717) is 19.0 Å². The van der Waals surface area contributed by atoms with Crippen molar-refractivity contribution in [2.45, 2.75) is 26.3 Å². The summed E-state index contributed by atoms with van der Waals surface area (Å²) >= 11 is 1.63. The molecule has 0 radical (unpaired) electrons. The second kappa shape index (κ2) is 9.25. The molecule has 30 heavy (non-hydrogen) atoms. The van der Waals surface area contributed by atoms with Gasteiger partial charge in [0.2, 0.25) is 0 Å². The van der Waals surface area contributed by atoms with Crippen molar-refractivity contribution in [2.24, 2.45) is 0 Å². The SMILES string of the molecule is CC(C)c1cccc2sc(N(Cc3ccccc3)C(=O)C[NH+]3CC[NH+](C)CC3)nc12. The minimum atomic E-state index is 0.165.